The number of ether oxygens (including phenoxy) is 1. The Kier molecular flexibility index (Phi) is 3.95. The molecule has 8 nitrogen and oxygen atoms in total. The lowest BCUT2D eigenvalue weighted by molar-refractivity contribution is -0.383. The first-order valence-corrected chi connectivity index (χ1v) is 6.49. The van der Waals surface area contributed by atoms with Crippen LogP contribution in [-0.4, -0.2) is 38.4 Å². The van der Waals surface area contributed by atoms with Crippen LogP contribution in [-0.2, 0) is 4.74 Å². The van der Waals surface area contributed by atoms with E-state index in [0.717, 1.165) is 10.6 Å². The summed E-state index contributed by atoms with van der Waals surface area (Å²) in [5.41, 5.74) is -1.13. The summed E-state index contributed by atoms with van der Waals surface area (Å²) in [6.07, 6.45) is 0.599. The van der Waals surface area contributed by atoms with Gasteiger partial charge in [0.1, 0.15) is 11.1 Å². The lowest BCUT2D eigenvalue weighted by atomic mass is 9.79. The van der Waals surface area contributed by atoms with Crippen molar-refractivity contribution in [1.82, 2.24) is 4.57 Å². The topological polar surface area (TPSA) is 115 Å². The SMILES string of the molecule is CC(C)(C)OC(=O)n1ccc2cc(B(O)O)cc([N+](=O)[O-])c21. The van der Waals surface area contributed by atoms with Gasteiger partial charge in [0.05, 0.1) is 4.92 Å². The third kappa shape index (κ3) is 3.10. The van der Waals surface area contributed by atoms with E-state index in [9.17, 15) is 25.0 Å². The Morgan fingerprint density at radius 2 is 2.00 bits per heavy atom. The van der Waals surface area contributed by atoms with Crippen molar-refractivity contribution in [3.05, 3.63) is 34.5 Å². The van der Waals surface area contributed by atoms with Crippen LogP contribution >= 0.6 is 0 Å². The van der Waals surface area contributed by atoms with Crippen LogP contribution in [0.15, 0.2) is 24.4 Å². The van der Waals surface area contributed by atoms with Gasteiger partial charge in [0.2, 0.25) is 0 Å². The molecule has 0 unspecified atom stereocenters. The van der Waals surface area contributed by atoms with Crippen molar-refractivity contribution >= 4 is 35.3 Å². The Hall–Kier alpha value is -2.39. The summed E-state index contributed by atoms with van der Waals surface area (Å²) in [4.78, 5) is 22.7. The summed E-state index contributed by atoms with van der Waals surface area (Å²) < 4.78 is 6.24. The zero-order chi connectivity index (χ0) is 16.7. The molecule has 9 heteroatoms. The van der Waals surface area contributed by atoms with Crippen molar-refractivity contribution in [3.63, 3.8) is 0 Å². The molecule has 0 fully saturated rings. The Balaban J connectivity index is 2.64. The summed E-state index contributed by atoms with van der Waals surface area (Å²) in [5.74, 6) is 0. The zero-order valence-electron chi connectivity index (χ0n) is 12.3. The molecule has 0 saturated carbocycles. The van der Waals surface area contributed by atoms with Crippen LogP contribution in [0.1, 0.15) is 20.8 Å². The van der Waals surface area contributed by atoms with Crippen LogP contribution in [0.4, 0.5) is 10.5 Å². The Labute approximate surface area is 126 Å². The number of aromatic nitrogens is 1. The van der Waals surface area contributed by atoms with Crippen LogP contribution in [0.25, 0.3) is 10.9 Å². The van der Waals surface area contributed by atoms with Crippen molar-refractivity contribution in [2.45, 2.75) is 26.4 Å². The third-order valence-corrected chi connectivity index (χ3v) is 2.87. The molecule has 1 aromatic carbocycles. The van der Waals surface area contributed by atoms with Gasteiger partial charge < -0.3 is 14.8 Å². The minimum Gasteiger partial charge on any atom is -0.443 e. The van der Waals surface area contributed by atoms with E-state index in [-0.39, 0.29) is 11.0 Å². The van der Waals surface area contributed by atoms with Gasteiger partial charge in [-0.05, 0) is 32.3 Å². The number of hydrogen-bond acceptors (Lipinski definition) is 6. The number of carbonyl (C=O) groups excluding carboxylic acids is 1. The number of fused-ring (bicyclic) bond motifs is 1. The predicted molar refractivity (Wildman–Crippen MR) is 80.1 cm³/mol. The number of nitro benzene ring substituents is 1. The summed E-state index contributed by atoms with van der Waals surface area (Å²) >= 11 is 0. The third-order valence-electron chi connectivity index (χ3n) is 2.87. The number of nitro groups is 1. The molecule has 0 spiro atoms. The first-order valence-electron chi connectivity index (χ1n) is 6.49. The van der Waals surface area contributed by atoms with E-state index in [1.54, 1.807) is 20.8 Å². The maximum absolute atomic E-state index is 12.1. The smallest absolute Gasteiger partial charge is 0.443 e. The Bertz CT molecular complexity index is 747. The van der Waals surface area contributed by atoms with Gasteiger partial charge in [-0.2, -0.15) is 0 Å². The number of nitrogens with zero attached hydrogens (tertiary/aromatic N) is 2. The molecule has 0 atom stereocenters. The van der Waals surface area contributed by atoms with E-state index < -0.39 is 29.4 Å². The second kappa shape index (κ2) is 5.43. The van der Waals surface area contributed by atoms with Crippen molar-refractivity contribution < 1.29 is 24.5 Å². The molecule has 0 radical (unpaired) electrons. The van der Waals surface area contributed by atoms with E-state index in [4.69, 9.17) is 4.74 Å². The Morgan fingerprint density at radius 3 is 2.50 bits per heavy atom. The molecule has 0 amide bonds. The fraction of sp³-hybridized carbons (Fsp3) is 0.308. The van der Waals surface area contributed by atoms with Crippen LogP contribution < -0.4 is 5.46 Å². The number of hydrogen-bond donors (Lipinski definition) is 2. The minimum absolute atomic E-state index is 0.0267. The average molecular weight is 306 g/mol. The Morgan fingerprint density at radius 1 is 1.36 bits per heavy atom. The van der Waals surface area contributed by atoms with Gasteiger partial charge in [-0.15, -0.1) is 0 Å². The molecular formula is C13H15BN2O6. The van der Waals surface area contributed by atoms with Gasteiger partial charge >= 0.3 is 13.2 Å². The number of carbonyl (C=O) groups is 1. The molecule has 22 heavy (non-hydrogen) atoms. The summed E-state index contributed by atoms with van der Waals surface area (Å²) in [5, 5.41) is 29.9. The second-order valence-electron chi connectivity index (χ2n) is 5.77. The minimum atomic E-state index is -1.84. The second-order valence-corrected chi connectivity index (χ2v) is 5.77. The van der Waals surface area contributed by atoms with Crippen molar-refractivity contribution in [1.29, 1.82) is 0 Å². The lowest BCUT2D eigenvalue weighted by Crippen LogP contribution is -2.30. The highest BCUT2D eigenvalue weighted by atomic mass is 16.6. The monoisotopic (exact) mass is 306 g/mol. The summed E-state index contributed by atoms with van der Waals surface area (Å²) in [7, 11) is -1.84. The van der Waals surface area contributed by atoms with E-state index >= 15 is 0 Å². The molecule has 2 aromatic rings. The lowest BCUT2D eigenvalue weighted by Gasteiger charge is -2.19. The van der Waals surface area contributed by atoms with Crippen LogP contribution in [0, 0.1) is 10.1 Å². The number of benzene rings is 1. The van der Waals surface area contributed by atoms with Gasteiger partial charge in [-0.25, -0.2) is 9.36 Å². The van der Waals surface area contributed by atoms with Gasteiger partial charge in [0.25, 0.3) is 5.69 Å². The van der Waals surface area contributed by atoms with E-state index in [0.29, 0.717) is 5.39 Å². The first kappa shape index (κ1) is 16.0. The van der Waals surface area contributed by atoms with Gasteiger partial charge in [0.15, 0.2) is 0 Å². The molecule has 2 N–H and O–H groups in total. The van der Waals surface area contributed by atoms with Crippen molar-refractivity contribution in [2.24, 2.45) is 0 Å². The molecule has 0 aliphatic heterocycles. The molecule has 0 bridgehead atoms. The molecule has 2 rings (SSSR count). The molecular weight excluding hydrogens is 291 g/mol. The van der Waals surface area contributed by atoms with Crippen LogP contribution in [0.3, 0.4) is 0 Å². The van der Waals surface area contributed by atoms with Gasteiger partial charge in [0, 0.05) is 17.6 Å². The molecule has 0 saturated heterocycles. The fourth-order valence-corrected chi connectivity index (χ4v) is 2.03. The maximum Gasteiger partial charge on any atom is 0.488 e. The summed E-state index contributed by atoms with van der Waals surface area (Å²) in [6, 6.07) is 3.86. The van der Waals surface area contributed by atoms with Crippen LogP contribution in [0.5, 0.6) is 0 Å². The quantitative estimate of drug-likeness (QED) is 0.486. The van der Waals surface area contributed by atoms with E-state index in [1.807, 2.05) is 0 Å². The fourth-order valence-electron chi connectivity index (χ4n) is 2.03. The van der Waals surface area contributed by atoms with E-state index in [1.165, 1.54) is 18.3 Å². The molecule has 116 valence electrons. The van der Waals surface area contributed by atoms with E-state index in [2.05, 4.69) is 0 Å². The molecule has 1 aromatic heterocycles. The van der Waals surface area contributed by atoms with Crippen molar-refractivity contribution in [2.75, 3.05) is 0 Å². The van der Waals surface area contributed by atoms with Gasteiger partial charge in [-0.1, -0.05) is 6.07 Å². The predicted octanol–water partition coefficient (Wildman–Crippen LogP) is 1.01. The molecule has 0 aliphatic rings. The zero-order valence-corrected chi connectivity index (χ0v) is 12.3. The number of non-ortho nitro benzene ring substituents is 1. The van der Waals surface area contributed by atoms with Crippen molar-refractivity contribution in [3.8, 4) is 0 Å². The maximum atomic E-state index is 12.1. The first-order chi connectivity index (χ1) is 10.1. The molecule has 0 aliphatic carbocycles. The molecule has 1 heterocycles. The average Bonchev–Trinajstić information content (AvgIpc) is 2.78. The number of rotatable bonds is 2. The standard InChI is InChI=1S/C13H15BN2O6/c1-13(2,3)22-12(17)15-5-4-8-6-9(14(18)19)7-10(11(8)15)16(20)21/h4-7,18-19H,1-3H3. The summed E-state index contributed by atoms with van der Waals surface area (Å²) in [6.45, 7) is 5.06. The van der Waals surface area contributed by atoms with Crippen LogP contribution in [0.2, 0.25) is 0 Å². The normalized spacial score (nSPS) is 11.5. The largest absolute Gasteiger partial charge is 0.488 e. The highest BCUT2D eigenvalue weighted by Crippen LogP contribution is 2.26. The highest BCUT2D eigenvalue weighted by molar-refractivity contribution is 6.59. The highest BCUT2D eigenvalue weighted by Gasteiger charge is 2.26. The van der Waals surface area contributed by atoms with Gasteiger partial charge in [-0.3, -0.25) is 10.1 Å².